The van der Waals surface area contributed by atoms with Crippen molar-refractivity contribution in [1.82, 2.24) is 9.21 Å². The van der Waals surface area contributed by atoms with E-state index in [2.05, 4.69) is 0 Å². The van der Waals surface area contributed by atoms with Gasteiger partial charge >= 0.3 is 6.18 Å². The van der Waals surface area contributed by atoms with E-state index < -0.39 is 40.6 Å². The van der Waals surface area contributed by atoms with Crippen LogP contribution in [0, 0.1) is 0 Å². The molecule has 4 rings (SSSR count). The first kappa shape index (κ1) is 33.8. The molecule has 242 valence electrons. The molecule has 2 aliphatic heterocycles. The van der Waals surface area contributed by atoms with Crippen LogP contribution in [-0.2, 0) is 30.5 Å². The summed E-state index contributed by atoms with van der Waals surface area (Å²) in [6.45, 7) is 0.340. The Morgan fingerprint density at radius 1 is 1.00 bits per heavy atom. The minimum Gasteiger partial charge on any atom is -0.497 e. The minimum absolute atomic E-state index is 0.0205. The van der Waals surface area contributed by atoms with Gasteiger partial charge in [0.1, 0.15) is 5.75 Å². The van der Waals surface area contributed by atoms with Crippen molar-refractivity contribution in [1.29, 1.82) is 0 Å². The molecule has 44 heavy (non-hydrogen) atoms. The van der Waals surface area contributed by atoms with Crippen LogP contribution in [0.2, 0.25) is 0 Å². The number of likely N-dealkylation sites (tertiary alicyclic amines) is 1. The summed E-state index contributed by atoms with van der Waals surface area (Å²) in [5.74, 6) is -0.223. The lowest BCUT2D eigenvalue weighted by atomic mass is 9.92. The molecule has 0 saturated carbocycles. The van der Waals surface area contributed by atoms with E-state index in [4.69, 9.17) is 14.2 Å². The standard InChI is InChI=1S/C31H39F3N2O7S/c1-41-26-11-13-27(14-12-26)44(39,40)36(17-19-37)18-20-42-29-22-24(23-7-9-25(10-8-23)31(32,33)34)21-28(43-29)30(38)35-15-5-3-2-4-6-16-35/h7-14,21,24,29,37H,2-6,15-20,22H2,1H3/t24-,29+/m1/s1. The summed E-state index contributed by atoms with van der Waals surface area (Å²) in [6, 6.07) is 10.6. The molecule has 9 nitrogen and oxygen atoms in total. The van der Waals surface area contributed by atoms with Crippen molar-refractivity contribution in [3.63, 3.8) is 0 Å². The summed E-state index contributed by atoms with van der Waals surface area (Å²) < 4.78 is 84.1. The van der Waals surface area contributed by atoms with Crippen LogP contribution < -0.4 is 4.74 Å². The first-order valence-electron chi connectivity index (χ1n) is 14.7. The Balaban J connectivity index is 1.50. The van der Waals surface area contributed by atoms with Gasteiger partial charge in [-0.1, -0.05) is 31.4 Å². The molecule has 0 aliphatic carbocycles. The number of carbonyl (C=O) groups is 1. The van der Waals surface area contributed by atoms with Gasteiger partial charge in [-0.15, -0.1) is 0 Å². The Hall–Kier alpha value is -3.13. The maximum absolute atomic E-state index is 13.5. The third-order valence-electron chi connectivity index (χ3n) is 7.77. The van der Waals surface area contributed by atoms with Crippen LogP contribution in [0.1, 0.15) is 55.6 Å². The van der Waals surface area contributed by atoms with Gasteiger partial charge in [0.05, 0.1) is 30.8 Å². The lowest BCUT2D eigenvalue weighted by Gasteiger charge is -2.33. The second kappa shape index (κ2) is 15.2. The number of aliphatic hydroxyl groups excluding tert-OH is 1. The molecule has 0 spiro atoms. The fraction of sp³-hybridized carbons (Fsp3) is 0.516. The Kier molecular flexibility index (Phi) is 11.7. The smallest absolute Gasteiger partial charge is 0.416 e. The number of methoxy groups -OCH3 is 1. The van der Waals surface area contributed by atoms with E-state index in [0.29, 0.717) is 24.4 Å². The lowest BCUT2D eigenvalue weighted by molar-refractivity contribution is -0.153. The number of halogens is 3. The Bertz CT molecular complexity index is 1360. The molecule has 0 aromatic heterocycles. The number of rotatable bonds is 11. The van der Waals surface area contributed by atoms with E-state index in [1.807, 2.05) is 0 Å². The monoisotopic (exact) mass is 640 g/mol. The highest BCUT2D eigenvalue weighted by Crippen LogP contribution is 2.35. The number of ether oxygens (including phenoxy) is 3. The Morgan fingerprint density at radius 3 is 2.23 bits per heavy atom. The van der Waals surface area contributed by atoms with Crippen LogP contribution >= 0.6 is 0 Å². The van der Waals surface area contributed by atoms with Gasteiger partial charge in [-0.3, -0.25) is 4.79 Å². The molecule has 2 aromatic rings. The van der Waals surface area contributed by atoms with Crippen LogP contribution in [0.5, 0.6) is 5.75 Å². The summed E-state index contributed by atoms with van der Waals surface area (Å²) in [5.41, 5.74) is -0.207. The second-order valence-corrected chi connectivity index (χ2v) is 12.7. The molecule has 2 atom stereocenters. The van der Waals surface area contributed by atoms with Gasteiger partial charge in [-0.05, 0) is 60.9 Å². The molecule has 1 saturated heterocycles. The molecule has 13 heteroatoms. The number of amides is 1. The molecule has 1 fully saturated rings. The highest BCUT2D eigenvalue weighted by molar-refractivity contribution is 7.89. The van der Waals surface area contributed by atoms with Gasteiger partial charge in [0.15, 0.2) is 5.76 Å². The maximum Gasteiger partial charge on any atom is 0.416 e. The molecule has 0 unspecified atom stereocenters. The van der Waals surface area contributed by atoms with Gasteiger partial charge in [-0.25, -0.2) is 8.42 Å². The van der Waals surface area contributed by atoms with E-state index in [1.54, 1.807) is 11.0 Å². The van der Waals surface area contributed by atoms with Crippen molar-refractivity contribution in [3.8, 4) is 5.75 Å². The highest BCUT2D eigenvalue weighted by Gasteiger charge is 2.34. The average molecular weight is 641 g/mol. The zero-order chi connectivity index (χ0) is 31.7. The average Bonchev–Trinajstić information content (AvgIpc) is 2.99. The van der Waals surface area contributed by atoms with Crippen LogP contribution in [0.25, 0.3) is 0 Å². The number of hydrogen-bond acceptors (Lipinski definition) is 7. The highest BCUT2D eigenvalue weighted by atomic mass is 32.2. The Labute approximate surface area is 256 Å². The number of nitrogens with zero attached hydrogens (tertiary/aromatic N) is 2. The van der Waals surface area contributed by atoms with Crippen molar-refractivity contribution in [3.05, 3.63) is 71.5 Å². The predicted molar refractivity (Wildman–Crippen MR) is 156 cm³/mol. The largest absolute Gasteiger partial charge is 0.497 e. The van der Waals surface area contributed by atoms with Gasteiger partial charge in [0.25, 0.3) is 5.91 Å². The lowest BCUT2D eigenvalue weighted by Crippen LogP contribution is -2.39. The van der Waals surface area contributed by atoms with Crippen LogP contribution in [0.4, 0.5) is 13.2 Å². The summed E-state index contributed by atoms with van der Waals surface area (Å²) in [4.78, 5) is 15.3. The van der Waals surface area contributed by atoms with Crippen LogP contribution in [0.15, 0.2) is 65.3 Å². The molecular formula is C31H39F3N2O7S. The zero-order valence-corrected chi connectivity index (χ0v) is 25.5. The van der Waals surface area contributed by atoms with Gasteiger partial charge in [-0.2, -0.15) is 17.5 Å². The zero-order valence-electron chi connectivity index (χ0n) is 24.7. The molecule has 0 bridgehead atoms. The first-order chi connectivity index (χ1) is 21.0. The maximum atomic E-state index is 13.5. The normalized spacial score (nSPS) is 20.0. The number of alkyl halides is 3. The van der Waals surface area contributed by atoms with Crippen molar-refractivity contribution < 1.29 is 45.7 Å². The number of benzene rings is 2. The van der Waals surface area contributed by atoms with Crippen molar-refractivity contribution >= 4 is 15.9 Å². The number of aliphatic hydroxyl groups is 1. The predicted octanol–water partition coefficient (Wildman–Crippen LogP) is 4.92. The van der Waals surface area contributed by atoms with E-state index in [0.717, 1.165) is 48.5 Å². The third kappa shape index (κ3) is 8.74. The second-order valence-electron chi connectivity index (χ2n) is 10.8. The SMILES string of the molecule is COc1ccc(S(=O)(=O)N(CCO)CCO[C@@H]2C[C@H](c3ccc(C(F)(F)F)cc3)C=C(C(=O)N3CCCCCCC3)O2)cc1. The van der Waals surface area contributed by atoms with E-state index in [9.17, 15) is 31.5 Å². The number of sulfonamides is 1. The van der Waals surface area contributed by atoms with Crippen LogP contribution in [0.3, 0.4) is 0 Å². The van der Waals surface area contributed by atoms with Gasteiger partial charge in [0.2, 0.25) is 16.3 Å². The van der Waals surface area contributed by atoms with E-state index in [1.165, 1.54) is 43.5 Å². The number of allylic oxidation sites excluding steroid dienone is 1. The van der Waals surface area contributed by atoms with Crippen LogP contribution in [-0.4, -0.2) is 81.4 Å². The molecular weight excluding hydrogens is 601 g/mol. The van der Waals surface area contributed by atoms with Gasteiger partial charge in [0, 0.05) is 38.5 Å². The molecule has 2 aromatic carbocycles. The summed E-state index contributed by atoms with van der Waals surface area (Å²) in [6.07, 6.45) is 1.29. The molecule has 2 heterocycles. The summed E-state index contributed by atoms with van der Waals surface area (Å²) in [5, 5.41) is 9.55. The van der Waals surface area contributed by atoms with Crippen molar-refractivity contribution in [2.75, 3.05) is 46.5 Å². The minimum atomic E-state index is -4.48. The molecule has 2 aliphatic rings. The Morgan fingerprint density at radius 2 is 1.64 bits per heavy atom. The summed E-state index contributed by atoms with van der Waals surface area (Å²) in [7, 11) is -2.50. The topological polar surface area (TPSA) is 106 Å². The number of carbonyl (C=O) groups excluding carboxylic acids is 1. The van der Waals surface area contributed by atoms with Crippen molar-refractivity contribution in [2.24, 2.45) is 0 Å². The van der Waals surface area contributed by atoms with E-state index >= 15 is 0 Å². The molecule has 1 N–H and O–H groups in total. The van der Waals surface area contributed by atoms with Gasteiger partial charge < -0.3 is 24.2 Å². The fourth-order valence-electron chi connectivity index (χ4n) is 5.32. The first-order valence-corrected chi connectivity index (χ1v) is 16.2. The number of hydrogen-bond donors (Lipinski definition) is 1. The quantitative estimate of drug-likeness (QED) is 0.372. The fourth-order valence-corrected chi connectivity index (χ4v) is 6.73. The summed E-state index contributed by atoms with van der Waals surface area (Å²) >= 11 is 0. The van der Waals surface area contributed by atoms with E-state index in [-0.39, 0.29) is 42.7 Å². The van der Waals surface area contributed by atoms with Crippen molar-refractivity contribution in [2.45, 2.75) is 61.8 Å². The third-order valence-corrected chi connectivity index (χ3v) is 9.68. The molecule has 0 radical (unpaired) electrons. The molecule has 1 amide bonds.